The summed E-state index contributed by atoms with van der Waals surface area (Å²) in [5.74, 6) is 1.59. The van der Waals surface area contributed by atoms with Gasteiger partial charge >= 0.3 is 0 Å². The summed E-state index contributed by atoms with van der Waals surface area (Å²) in [6.07, 6.45) is -0.545. The molecule has 4 nitrogen and oxygen atoms in total. The number of allylic oxidation sites excluding steroid dienone is 1. The van der Waals surface area contributed by atoms with E-state index >= 15 is 0 Å². The summed E-state index contributed by atoms with van der Waals surface area (Å²) in [5, 5.41) is 8.14. The fourth-order valence-electron chi connectivity index (χ4n) is 1.43. The summed E-state index contributed by atoms with van der Waals surface area (Å²) < 4.78 is 34.2. The molecule has 0 saturated carbocycles. The van der Waals surface area contributed by atoms with Crippen LogP contribution in [0.25, 0.3) is 11.5 Å². The number of hydrogen-bond acceptors (Lipinski definition) is 5. The molecule has 0 aliphatic carbocycles. The molecule has 2 rings (SSSR count). The van der Waals surface area contributed by atoms with Gasteiger partial charge in [0, 0.05) is 11.3 Å². The van der Waals surface area contributed by atoms with E-state index in [1.807, 2.05) is 12.1 Å². The SMILES string of the molecule is COc1ccc(-c2nnc(SCCC=C(F)F)o2)cc1. The molecular formula is C13H12F2N2O2S. The van der Waals surface area contributed by atoms with E-state index < -0.39 is 6.08 Å². The Morgan fingerprint density at radius 2 is 2.05 bits per heavy atom. The zero-order valence-electron chi connectivity index (χ0n) is 10.7. The lowest BCUT2D eigenvalue weighted by atomic mass is 10.2. The smallest absolute Gasteiger partial charge is 0.276 e. The van der Waals surface area contributed by atoms with Gasteiger partial charge in [-0.3, -0.25) is 0 Å². The molecule has 0 aliphatic heterocycles. The van der Waals surface area contributed by atoms with Gasteiger partial charge in [0.2, 0.25) is 5.89 Å². The normalized spacial score (nSPS) is 10.3. The lowest BCUT2D eigenvalue weighted by molar-refractivity contribution is 0.414. The Labute approximate surface area is 118 Å². The van der Waals surface area contributed by atoms with Crippen LogP contribution in [0.5, 0.6) is 5.75 Å². The number of aromatic nitrogens is 2. The van der Waals surface area contributed by atoms with E-state index in [2.05, 4.69) is 10.2 Å². The first-order chi connectivity index (χ1) is 9.69. The minimum Gasteiger partial charge on any atom is -0.497 e. The van der Waals surface area contributed by atoms with E-state index in [1.165, 1.54) is 11.8 Å². The molecule has 106 valence electrons. The summed E-state index contributed by atoms with van der Waals surface area (Å²) in [6, 6.07) is 7.20. The number of thioether (sulfide) groups is 1. The van der Waals surface area contributed by atoms with Crippen LogP contribution in [0, 0.1) is 0 Å². The van der Waals surface area contributed by atoms with E-state index in [1.54, 1.807) is 19.2 Å². The molecule has 0 fully saturated rings. The average Bonchev–Trinajstić information content (AvgIpc) is 2.92. The Morgan fingerprint density at radius 3 is 2.70 bits per heavy atom. The standard InChI is InChI=1S/C13H12F2N2O2S/c1-18-10-6-4-9(5-7-10)12-16-17-13(19-12)20-8-2-3-11(14)15/h3-7H,2,8H2,1H3. The van der Waals surface area contributed by atoms with Crippen molar-refractivity contribution in [2.75, 3.05) is 12.9 Å². The summed E-state index contributed by atoms with van der Waals surface area (Å²) in [7, 11) is 1.59. The number of halogens is 2. The Balaban J connectivity index is 1.95. The second kappa shape index (κ2) is 7.04. The van der Waals surface area contributed by atoms with E-state index in [0.29, 0.717) is 16.9 Å². The zero-order chi connectivity index (χ0) is 14.4. The average molecular weight is 298 g/mol. The van der Waals surface area contributed by atoms with E-state index in [0.717, 1.165) is 17.4 Å². The molecule has 0 amide bonds. The lowest BCUT2D eigenvalue weighted by Crippen LogP contribution is -1.82. The molecule has 0 saturated heterocycles. The molecule has 0 bridgehead atoms. The lowest BCUT2D eigenvalue weighted by Gasteiger charge is -1.99. The highest BCUT2D eigenvalue weighted by Crippen LogP contribution is 2.25. The molecule has 20 heavy (non-hydrogen) atoms. The molecule has 2 aromatic rings. The quantitative estimate of drug-likeness (QED) is 0.595. The molecular weight excluding hydrogens is 286 g/mol. The third kappa shape index (κ3) is 4.06. The van der Waals surface area contributed by atoms with Crippen molar-refractivity contribution >= 4 is 11.8 Å². The predicted octanol–water partition coefficient (Wildman–Crippen LogP) is 4.01. The molecule has 0 unspecified atom stereocenters. The third-order valence-corrected chi connectivity index (χ3v) is 3.24. The van der Waals surface area contributed by atoms with Gasteiger partial charge in [0.15, 0.2) is 0 Å². The summed E-state index contributed by atoms with van der Waals surface area (Å²) in [6.45, 7) is 0. The Bertz CT molecular complexity index is 580. The fourth-order valence-corrected chi connectivity index (χ4v) is 2.08. The van der Waals surface area contributed by atoms with Crippen molar-refractivity contribution in [2.24, 2.45) is 0 Å². The van der Waals surface area contributed by atoms with Crippen LogP contribution in [0.2, 0.25) is 0 Å². The van der Waals surface area contributed by atoms with Gasteiger partial charge in [-0.25, -0.2) is 0 Å². The van der Waals surface area contributed by atoms with Gasteiger partial charge in [-0.2, -0.15) is 8.78 Å². The van der Waals surface area contributed by atoms with Gasteiger partial charge < -0.3 is 9.15 Å². The fraction of sp³-hybridized carbons (Fsp3) is 0.231. The molecule has 0 radical (unpaired) electrons. The van der Waals surface area contributed by atoms with Crippen LogP contribution in [0.4, 0.5) is 8.78 Å². The predicted molar refractivity (Wildman–Crippen MR) is 71.9 cm³/mol. The Kier molecular flexibility index (Phi) is 5.11. The van der Waals surface area contributed by atoms with Gasteiger partial charge in [-0.1, -0.05) is 11.8 Å². The molecule has 0 aliphatic rings. The van der Waals surface area contributed by atoms with Crippen LogP contribution in [0.3, 0.4) is 0 Å². The molecule has 1 aromatic heterocycles. The largest absolute Gasteiger partial charge is 0.497 e. The molecule has 0 atom stereocenters. The second-order valence-electron chi connectivity index (χ2n) is 3.73. The van der Waals surface area contributed by atoms with Crippen molar-refractivity contribution in [3.05, 3.63) is 36.4 Å². The first-order valence-electron chi connectivity index (χ1n) is 5.81. The summed E-state index contributed by atoms with van der Waals surface area (Å²) in [4.78, 5) is 0. The molecule has 0 N–H and O–H groups in total. The summed E-state index contributed by atoms with van der Waals surface area (Å²) >= 11 is 1.24. The first-order valence-corrected chi connectivity index (χ1v) is 6.79. The van der Waals surface area contributed by atoms with Crippen molar-refractivity contribution in [1.29, 1.82) is 0 Å². The number of hydrogen-bond donors (Lipinski definition) is 0. The van der Waals surface area contributed by atoms with E-state index in [4.69, 9.17) is 9.15 Å². The van der Waals surface area contributed by atoms with Crippen molar-refractivity contribution in [3.8, 4) is 17.2 Å². The topological polar surface area (TPSA) is 48.2 Å². The monoisotopic (exact) mass is 298 g/mol. The zero-order valence-corrected chi connectivity index (χ0v) is 11.5. The molecule has 0 spiro atoms. The number of rotatable bonds is 6. The van der Waals surface area contributed by atoms with Crippen LogP contribution in [-0.4, -0.2) is 23.1 Å². The Hall–Kier alpha value is -1.89. The number of ether oxygens (including phenoxy) is 1. The van der Waals surface area contributed by atoms with Crippen LogP contribution in [-0.2, 0) is 0 Å². The molecule has 1 aromatic carbocycles. The summed E-state index contributed by atoms with van der Waals surface area (Å²) in [5.41, 5.74) is 0.778. The Morgan fingerprint density at radius 1 is 1.30 bits per heavy atom. The van der Waals surface area contributed by atoms with Crippen molar-refractivity contribution in [1.82, 2.24) is 10.2 Å². The number of nitrogens with zero attached hydrogens (tertiary/aromatic N) is 2. The molecule has 1 heterocycles. The minimum absolute atomic E-state index is 0.257. The van der Waals surface area contributed by atoms with Gasteiger partial charge in [0.25, 0.3) is 11.3 Å². The van der Waals surface area contributed by atoms with Crippen molar-refractivity contribution in [2.45, 2.75) is 11.6 Å². The third-order valence-electron chi connectivity index (χ3n) is 2.39. The maximum Gasteiger partial charge on any atom is 0.276 e. The highest BCUT2D eigenvalue weighted by atomic mass is 32.2. The maximum absolute atomic E-state index is 11.8. The number of benzene rings is 1. The highest BCUT2D eigenvalue weighted by Gasteiger charge is 2.08. The van der Waals surface area contributed by atoms with E-state index in [-0.39, 0.29) is 6.42 Å². The van der Waals surface area contributed by atoms with Crippen LogP contribution >= 0.6 is 11.8 Å². The molecule has 7 heteroatoms. The van der Waals surface area contributed by atoms with E-state index in [9.17, 15) is 8.78 Å². The second-order valence-corrected chi connectivity index (χ2v) is 4.78. The van der Waals surface area contributed by atoms with Gasteiger partial charge in [-0.05, 0) is 36.8 Å². The van der Waals surface area contributed by atoms with Crippen molar-refractivity contribution < 1.29 is 17.9 Å². The number of methoxy groups -OCH3 is 1. The van der Waals surface area contributed by atoms with Crippen LogP contribution in [0.1, 0.15) is 6.42 Å². The van der Waals surface area contributed by atoms with Gasteiger partial charge in [-0.15, -0.1) is 10.2 Å². The maximum atomic E-state index is 11.8. The van der Waals surface area contributed by atoms with Crippen LogP contribution in [0.15, 0.2) is 46.1 Å². The first kappa shape index (κ1) is 14.5. The van der Waals surface area contributed by atoms with Gasteiger partial charge in [0.05, 0.1) is 7.11 Å². The van der Waals surface area contributed by atoms with Crippen molar-refractivity contribution in [3.63, 3.8) is 0 Å². The van der Waals surface area contributed by atoms with Gasteiger partial charge in [0.1, 0.15) is 5.75 Å². The minimum atomic E-state index is -1.67. The highest BCUT2D eigenvalue weighted by molar-refractivity contribution is 7.99. The van der Waals surface area contributed by atoms with Crippen LogP contribution < -0.4 is 4.74 Å².